The standard InChI is InChI=1S/C23H19N5O7/c1-2-16-7-3-4-9-19(16)25-22(29)23(30)26-24-14-15-6-5-8-18(12-15)35-21-11-10-17(27(31)32)13-20(21)28(33)34/h3-14H,2H2,1H3,(H,25,29)(H,26,30)/b24-14+. The molecule has 0 radical (unpaired) electrons. The molecule has 0 bridgehead atoms. The number of nitrogens with zero attached hydrogens (tertiary/aromatic N) is 3. The molecule has 2 N–H and O–H groups in total. The van der Waals surface area contributed by atoms with E-state index in [0.717, 1.165) is 23.8 Å². The third-order valence-electron chi connectivity index (χ3n) is 4.67. The molecule has 0 aromatic heterocycles. The average molecular weight is 477 g/mol. The van der Waals surface area contributed by atoms with Gasteiger partial charge in [0.15, 0.2) is 0 Å². The lowest BCUT2D eigenvalue weighted by Gasteiger charge is -2.08. The number of anilines is 1. The van der Waals surface area contributed by atoms with Crippen LogP contribution in [0, 0.1) is 20.2 Å². The van der Waals surface area contributed by atoms with Gasteiger partial charge in [-0.15, -0.1) is 0 Å². The van der Waals surface area contributed by atoms with Crippen LogP contribution < -0.4 is 15.5 Å². The topological polar surface area (TPSA) is 166 Å². The van der Waals surface area contributed by atoms with Gasteiger partial charge in [0.05, 0.1) is 22.1 Å². The number of amides is 2. The van der Waals surface area contributed by atoms with Crippen LogP contribution in [0.15, 0.2) is 71.8 Å². The molecule has 0 saturated carbocycles. The molecule has 0 heterocycles. The lowest BCUT2D eigenvalue weighted by atomic mass is 10.1. The Morgan fingerprint density at radius 3 is 2.46 bits per heavy atom. The maximum Gasteiger partial charge on any atom is 0.329 e. The summed E-state index contributed by atoms with van der Waals surface area (Å²) < 4.78 is 5.52. The van der Waals surface area contributed by atoms with Gasteiger partial charge in [0.25, 0.3) is 5.69 Å². The van der Waals surface area contributed by atoms with Crippen molar-refractivity contribution in [3.8, 4) is 11.5 Å². The van der Waals surface area contributed by atoms with Crippen LogP contribution in [0.3, 0.4) is 0 Å². The van der Waals surface area contributed by atoms with Crippen LogP contribution in [0.1, 0.15) is 18.1 Å². The zero-order valence-electron chi connectivity index (χ0n) is 18.3. The summed E-state index contributed by atoms with van der Waals surface area (Å²) in [6.07, 6.45) is 1.93. The molecule has 12 nitrogen and oxygen atoms in total. The predicted octanol–water partition coefficient (Wildman–Crippen LogP) is 3.95. The number of ether oxygens (including phenoxy) is 1. The summed E-state index contributed by atoms with van der Waals surface area (Å²) in [6, 6.07) is 16.3. The van der Waals surface area contributed by atoms with Gasteiger partial charge in [0.1, 0.15) is 5.75 Å². The Morgan fingerprint density at radius 1 is 0.971 bits per heavy atom. The number of aryl methyl sites for hydroxylation is 1. The SMILES string of the molecule is CCc1ccccc1NC(=O)C(=O)N/N=C/c1cccc(Oc2ccc([N+](=O)[O-])cc2[N+](=O)[O-])c1. The quantitative estimate of drug-likeness (QED) is 0.214. The minimum absolute atomic E-state index is 0.186. The number of hydrazone groups is 1. The van der Waals surface area contributed by atoms with Crippen molar-refractivity contribution in [2.24, 2.45) is 5.10 Å². The molecule has 0 aliphatic heterocycles. The smallest absolute Gasteiger partial charge is 0.329 e. The highest BCUT2D eigenvalue weighted by Crippen LogP contribution is 2.34. The fourth-order valence-corrected chi connectivity index (χ4v) is 2.98. The molecule has 35 heavy (non-hydrogen) atoms. The Morgan fingerprint density at radius 2 is 1.74 bits per heavy atom. The molecule has 3 aromatic rings. The number of non-ortho nitro benzene ring substituents is 1. The molecular weight excluding hydrogens is 458 g/mol. The molecule has 2 amide bonds. The number of nitrogens with one attached hydrogen (secondary N) is 2. The fraction of sp³-hybridized carbons (Fsp3) is 0.0870. The van der Waals surface area contributed by atoms with Gasteiger partial charge in [-0.3, -0.25) is 29.8 Å². The molecule has 0 spiro atoms. The minimum atomic E-state index is -0.971. The Kier molecular flexibility index (Phi) is 7.80. The van der Waals surface area contributed by atoms with E-state index in [2.05, 4.69) is 15.8 Å². The third-order valence-corrected chi connectivity index (χ3v) is 4.67. The molecule has 0 atom stereocenters. The summed E-state index contributed by atoms with van der Waals surface area (Å²) in [5, 5.41) is 28.4. The van der Waals surface area contributed by atoms with E-state index in [1.807, 2.05) is 19.1 Å². The number of hydrogen-bond donors (Lipinski definition) is 2. The van der Waals surface area contributed by atoms with Gasteiger partial charge in [-0.2, -0.15) is 5.10 Å². The van der Waals surface area contributed by atoms with Gasteiger partial charge in [-0.05, 0) is 41.8 Å². The van der Waals surface area contributed by atoms with Crippen LogP contribution in [0.5, 0.6) is 11.5 Å². The van der Waals surface area contributed by atoms with Crippen LogP contribution >= 0.6 is 0 Å². The largest absolute Gasteiger partial charge is 0.450 e. The number of benzene rings is 3. The van der Waals surface area contributed by atoms with Crippen LogP contribution in [0.4, 0.5) is 17.1 Å². The van der Waals surface area contributed by atoms with Crippen molar-refractivity contribution in [1.29, 1.82) is 0 Å². The molecule has 0 fully saturated rings. The van der Waals surface area contributed by atoms with Gasteiger partial charge in [0.2, 0.25) is 5.75 Å². The van der Waals surface area contributed by atoms with Crippen molar-refractivity contribution in [1.82, 2.24) is 5.43 Å². The number of nitro groups is 2. The fourth-order valence-electron chi connectivity index (χ4n) is 2.98. The van der Waals surface area contributed by atoms with Crippen molar-refractivity contribution in [3.05, 3.63) is 98.1 Å². The summed E-state index contributed by atoms with van der Waals surface area (Å²) in [7, 11) is 0. The number of rotatable bonds is 8. The monoisotopic (exact) mass is 477 g/mol. The van der Waals surface area contributed by atoms with Crippen molar-refractivity contribution < 1.29 is 24.2 Å². The van der Waals surface area contributed by atoms with Gasteiger partial charge in [-0.25, -0.2) is 5.43 Å². The molecule has 3 rings (SSSR count). The molecule has 0 aliphatic carbocycles. The zero-order chi connectivity index (χ0) is 25.4. The van der Waals surface area contributed by atoms with Crippen molar-refractivity contribution in [2.75, 3.05) is 5.32 Å². The van der Waals surface area contributed by atoms with Gasteiger partial charge < -0.3 is 10.1 Å². The van der Waals surface area contributed by atoms with E-state index in [1.165, 1.54) is 18.3 Å². The van der Waals surface area contributed by atoms with E-state index in [4.69, 9.17) is 4.74 Å². The first-order valence-corrected chi connectivity index (χ1v) is 10.2. The molecule has 0 unspecified atom stereocenters. The molecule has 178 valence electrons. The van der Waals surface area contributed by atoms with Gasteiger partial charge >= 0.3 is 17.5 Å². The van der Waals surface area contributed by atoms with E-state index in [1.54, 1.807) is 24.3 Å². The van der Waals surface area contributed by atoms with E-state index >= 15 is 0 Å². The summed E-state index contributed by atoms with van der Waals surface area (Å²) in [5.41, 5.74) is 2.97. The minimum Gasteiger partial charge on any atom is -0.450 e. The van der Waals surface area contributed by atoms with Crippen molar-refractivity contribution in [2.45, 2.75) is 13.3 Å². The molecule has 0 aliphatic rings. The first kappa shape index (κ1) is 24.5. The Labute approximate surface area is 198 Å². The summed E-state index contributed by atoms with van der Waals surface area (Å²) in [6.45, 7) is 1.92. The van der Waals surface area contributed by atoms with Crippen LogP contribution in [0.25, 0.3) is 0 Å². The van der Waals surface area contributed by atoms with E-state index < -0.39 is 33.0 Å². The van der Waals surface area contributed by atoms with Crippen LogP contribution in [0.2, 0.25) is 0 Å². The first-order chi connectivity index (χ1) is 16.8. The summed E-state index contributed by atoms with van der Waals surface area (Å²) in [5.74, 6) is -1.86. The second kappa shape index (κ2) is 11.1. The van der Waals surface area contributed by atoms with Crippen molar-refractivity contribution in [3.63, 3.8) is 0 Å². The Hall–Kier alpha value is -5.13. The first-order valence-electron chi connectivity index (χ1n) is 10.2. The number of nitro benzene ring substituents is 2. The summed E-state index contributed by atoms with van der Waals surface area (Å²) in [4.78, 5) is 44.8. The maximum absolute atomic E-state index is 12.1. The highest BCUT2D eigenvalue weighted by molar-refractivity contribution is 6.39. The Balaban J connectivity index is 1.66. The lowest BCUT2D eigenvalue weighted by molar-refractivity contribution is -0.394. The van der Waals surface area contributed by atoms with E-state index in [-0.39, 0.29) is 11.5 Å². The summed E-state index contributed by atoms with van der Waals surface area (Å²) >= 11 is 0. The average Bonchev–Trinajstić information content (AvgIpc) is 2.84. The second-order valence-electron chi connectivity index (χ2n) is 7.00. The normalized spacial score (nSPS) is 10.5. The number of para-hydroxylation sites is 1. The number of carbonyl (C=O) groups excluding carboxylic acids is 2. The van der Waals surface area contributed by atoms with E-state index in [0.29, 0.717) is 17.7 Å². The molecule has 0 saturated heterocycles. The van der Waals surface area contributed by atoms with Gasteiger partial charge in [0, 0.05) is 11.8 Å². The molecular formula is C23H19N5O7. The van der Waals surface area contributed by atoms with Crippen molar-refractivity contribution >= 4 is 35.1 Å². The number of hydrogen-bond acceptors (Lipinski definition) is 8. The number of carbonyl (C=O) groups is 2. The molecule has 12 heteroatoms. The molecule has 3 aromatic carbocycles. The highest BCUT2D eigenvalue weighted by atomic mass is 16.6. The van der Waals surface area contributed by atoms with Crippen LogP contribution in [-0.2, 0) is 16.0 Å². The third kappa shape index (κ3) is 6.44. The Bertz CT molecular complexity index is 1320. The highest BCUT2D eigenvalue weighted by Gasteiger charge is 2.21. The zero-order valence-corrected chi connectivity index (χ0v) is 18.3. The van der Waals surface area contributed by atoms with E-state index in [9.17, 15) is 29.8 Å². The van der Waals surface area contributed by atoms with Gasteiger partial charge in [-0.1, -0.05) is 37.3 Å². The maximum atomic E-state index is 12.1. The second-order valence-corrected chi connectivity index (χ2v) is 7.00. The van der Waals surface area contributed by atoms with Crippen LogP contribution in [-0.4, -0.2) is 27.9 Å². The lowest BCUT2D eigenvalue weighted by Crippen LogP contribution is -2.32. The predicted molar refractivity (Wildman–Crippen MR) is 126 cm³/mol.